The highest BCUT2D eigenvalue weighted by Crippen LogP contribution is 2.27. The Morgan fingerprint density at radius 1 is 1.13 bits per heavy atom. The van der Waals surface area contributed by atoms with Crippen molar-refractivity contribution in [3.05, 3.63) is 35.4 Å². The molecule has 0 aromatic heterocycles. The number of rotatable bonds is 5. The lowest BCUT2D eigenvalue weighted by molar-refractivity contribution is -0.128. The SMILES string of the molecule is NC1(C(=O)NCc2ccc(CN3CCCC3=O)cc2)CCCC1. The molecule has 124 valence electrons. The summed E-state index contributed by atoms with van der Waals surface area (Å²) in [5.74, 6) is 0.202. The molecular weight excluding hydrogens is 290 g/mol. The Morgan fingerprint density at radius 2 is 1.78 bits per heavy atom. The summed E-state index contributed by atoms with van der Waals surface area (Å²) < 4.78 is 0. The van der Waals surface area contributed by atoms with Crippen molar-refractivity contribution in [3.8, 4) is 0 Å². The maximum Gasteiger partial charge on any atom is 0.240 e. The van der Waals surface area contributed by atoms with Gasteiger partial charge in [0, 0.05) is 26.1 Å². The number of nitrogens with two attached hydrogens (primary N) is 1. The summed E-state index contributed by atoms with van der Waals surface area (Å²) in [5, 5.41) is 2.95. The molecule has 1 aliphatic heterocycles. The van der Waals surface area contributed by atoms with E-state index in [9.17, 15) is 9.59 Å². The van der Waals surface area contributed by atoms with Gasteiger partial charge in [0.05, 0.1) is 5.54 Å². The second-order valence-electron chi connectivity index (χ2n) is 6.78. The van der Waals surface area contributed by atoms with Crippen LogP contribution in [-0.2, 0) is 22.7 Å². The molecule has 2 aliphatic rings. The number of benzene rings is 1. The van der Waals surface area contributed by atoms with Crippen molar-refractivity contribution in [2.75, 3.05) is 6.54 Å². The summed E-state index contributed by atoms with van der Waals surface area (Å²) in [6.07, 6.45) is 5.26. The normalized spacial score (nSPS) is 20.0. The van der Waals surface area contributed by atoms with Crippen LogP contribution in [0, 0.1) is 0 Å². The highest BCUT2D eigenvalue weighted by Gasteiger charge is 2.36. The average molecular weight is 315 g/mol. The van der Waals surface area contributed by atoms with Crippen molar-refractivity contribution in [2.45, 2.75) is 57.2 Å². The Morgan fingerprint density at radius 3 is 2.39 bits per heavy atom. The zero-order chi connectivity index (χ0) is 16.3. The molecule has 5 heteroatoms. The number of nitrogens with one attached hydrogen (secondary N) is 1. The molecule has 1 heterocycles. The fraction of sp³-hybridized carbons (Fsp3) is 0.556. The van der Waals surface area contributed by atoms with E-state index in [1.807, 2.05) is 29.2 Å². The Labute approximate surface area is 137 Å². The van der Waals surface area contributed by atoms with Gasteiger partial charge in [-0.05, 0) is 30.4 Å². The van der Waals surface area contributed by atoms with Crippen LogP contribution in [0.25, 0.3) is 0 Å². The maximum atomic E-state index is 12.2. The third kappa shape index (κ3) is 3.72. The molecule has 3 N–H and O–H groups in total. The second kappa shape index (κ2) is 6.71. The number of nitrogens with zero attached hydrogens (tertiary/aromatic N) is 1. The maximum absolute atomic E-state index is 12.2. The van der Waals surface area contributed by atoms with E-state index >= 15 is 0 Å². The summed E-state index contributed by atoms with van der Waals surface area (Å²) in [5.41, 5.74) is 7.65. The standard InChI is InChI=1S/C18H25N3O2/c19-18(9-1-2-10-18)17(23)20-12-14-5-7-15(8-6-14)13-21-11-3-4-16(21)22/h5-8H,1-4,9-13,19H2,(H,20,23). The molecule has 23 heavy (non-hydrogen) atoms. The molecule has 0 spiro atoms. The lowest BCUT2D eigenvalue weighted by Crippen LogP contribution is -2.51. The number of carbonyl (C=O) groups is 2. The minimum Gasteiger partial charge on any atom is -0.350 e. The highest BCUT2D eigenvalue weighted by atomic mass is 16.2. The third-order valence-corrected chi connectivity index (χ3v) is 4.97. The zero-order valence-corrected chi connectivity index (χ0v) is 13.5. The van der Waals surface area contributed by atoms with Crippen LogP contribution in [0.15, 0.2) is 24.3 Å². The first kappa shape index (κ1) is 16.0. The Kier molecular flexibility index (Phi) is 4.66. The van der Waals surface area contributed by atoms with Gasteiger partial charge in [-0.25, -0.2) is 0 Å². The van der Waals surface area contributed by atoms with Crippen molar-refractivity contribution in [1.29, 1.82) is 0 Å². The van der Waals surface area contributed by atoms with Crippen LogP contribution in [-0.4, -0.2) is 28.8 Å². The van der Waals surface area contributed by atoms with E-state index in [1.165, 1.54) is 0 Å². The lowest BCUT2D eigenvalue weighted by Gasteiger charge is -2.22. The van der Waals surface area contributed by atoms with Crippen LogP contribution in [0.4, 0.5) is 0 Å². The van der Waals surface area contributed by atoms with Crippen LogP contribution < -0.4 is 11.1 Å². The summed E-state index contributed by atoms with van der Waals surface area (Å²) in [6.45, 7) is 2.04. The first-order valence-corrected chi connectivity index (χ1v) is 8.50. The molecule has 1 aliphatic carbocycles. The molecule has 2 fully saturated rings. The Hall–Kier alpha value is -1.88. The fourth-order valence-corrected chi connectivity index (χ4v) is 3.45. The van der Waals surface area contributed by atoms with Gasteiger partial charge >= 0.3 is 0 Å². The van der Waals surface area contributed by atoms with Crippen LogP contribution in [0.3, 0.4) is 0 Å². The van der Waals surface area contributed by atoms with E-state index in [0.717, 1.165) is 49.8 Å². The molecule has 3 rings (SSSR count). The fourth-order valence-electron chi connectivity index (χ4n) is 3.45. The molecule has 0 unspecified atom stereocenters. The number of hydrogen-bond acceptors (Lipinski definition) is 3. The Bertz CT molecular complexity index is 576. The van der Waals surface area contributed by atoms with Crippen LogP contribution >= 0.6 is 0 Å². The van der Waals surface area contributed by atoms with Gasteiger partial charge in [0.1, 0.15) is 0 Å². The van der Waals surface area contributed by atoms with E-state index in [0.29, 0.717) is 19.5 Å². The molecule has 0 atom stereocenters. The van der Waals surface area contributed by atoms with Gasteiger partial charge in [0.2, 0.25) is 11.8 Å². The predicted octanol–water partition coefficient (Wildman–Crippen LogP) is 1.70. The third-order valence-electron chi connectivity index (χ3n) is 4.97. The first-order valence-electron chi connectivity index (χ1n) is 8.50. The van der Waals surface area contributed by atoms with Crippen molar-refractivity contribution >= 4 is 11.8 Å². The molecule has 1 saturated carbocycles. The highest BCUT2D eigenvalue weighted by molar-refractivity contribution is 5.86. The van der Waals surface area contributed by atoms with Crippen LogP contribution in [0.5, 0.6) is 0 Å². The van der Waals surface area contributed by atoms with Gasteiger partial charge in [-0.3, -0.25) is 9.59 Å². The summed E-state index contributed by atoms with van der Waals surface area (Å²) >= 11 is 0. The molecule has 0 radical (unpaired) electrons. The predicted molar refractivity (Wildman–Crippen MR) is 88.3 cm³/mol. The quantitative estimate of drug-likeness (QED) is 0.868. The number of likely N-dealkylation sites (tertiary alicyclic amines) is 1. The molecule has 1 aromatic carbocycles. The zero-order valence-electron chi connectivity index (χ0n) is 13.5. The van der Waals surface area contributed by atoms with Gasteiger partial charge in [-0.2, -0.15) is 0 Å². The molecule has 0 bridgehead atoms. The van der Waals surface area contributed by atoms with Gasteiger partial charge < -0.3 is 16.0 Å². The first-order chi connectivity index (χ1) is 11.1. The van der Waals surface area contributed by atoms with Crippen molar-refractivity contribution in [1.82, 2.24) is 10.2 Å². The second-order valence-corrected chi connectivity index (χ2v) is 6.78. The minimum absolute atomic E-state index is 0.0401. The van der Waals surface area contributed by atoms with Gasteiger partial charge in [0.25, 0.3) is 0 Å². The van der Waals surface area contributed by atoms with E-state index < -0.39 is 5.54 Å². The summed E-state index contributed by atoms with van der Waals surface area (Å²) in [6, 6.07) is 8.07. The van der Waals surface area contributed by atoms with Gasteiger partial charge in [-0.1, -0.05) is 37.1 Å². The summed E-state index contributed by atoms with van der Waals surface area (Å²) in [4.78, 5) is 25.7. The van der Waals surface area contributed by atoms with Gasteiger partial charge in [0.15, 0.2) is 0 Å². The average Bonchev–Trinajstić information content (AvgIpc) is 3.16. The Balaban J connectivity index is 1.51. The number of carbonyl (C=O) groups excluding carboxylic acids is 2. The monoisotopic (exact) mass is 315 g/mol. The van der Waals surface area contributed by atoms with Crippen LogP contribution in [0.2, 0.25) is 0 Å². The topological polar surface area (TPSA) is 75.4 Å². The largest absolute Gasteiger partial charge is 0.350 e. The van der Waals surface area contributed by atoms with E-state index in [-0.39, 0.29) is 11.8 Å². The number of amides is 2. The minimum atomic E-state index is -0.671. The van der Waals surface area contributed by atoms with E-state index in [4.69, 9.17) is 5.73 Å². The molecule has 1 saturated heterocycles. The van der Waals surface area contributed by atoms with Crippen LogP contribution in [0.1, 0.15) is 49.7 Å². The van der Waals surface area contributed by atoms with Gasteiger partial charge in [-0.15, -0.1) is 0 Å². The van der Waals surface area contributed by atoms with Crippen molar-refractivity contribution < 1.29 is 9.59 Å². The molecular formula is C18H25N3O2. The van der Waals surface area contributed by atoms with Crippen molar-refractivity contribution in [2.24, 2.45) is 5.73 Å². The van der Waals surface area contributed by atoms with E-state index in [1.54, 1.807) is 0 Å². The lowest BCUT2D eigenvalue weighted by atomic mass is 9.98. The number of hydrogen-bond donors (Lipinski definition) is 2. The molecule has 1 aromatic rings. The van der Waals surface area contributed by atoms with Crippen molar-refractivity contribution in [3.63, 3.8) is 0 Å². The molecule has 2 amide bonds. The van der Waals surface area contributed by atoms with E-state index in [2.05, 4.69) is 5.32 Å². The smallest absolute Gasteiger partial charge is 0.240 e. The molecule has 5 nitrogen and oxygen atoms in total. The summed E-state index contributed by atoms with van der Waals surface area (Å²) in [7, 11) is 0.